The van der Waals surface area contributed by atoms with Crippen molar-refractivity contribution in [2.24, 2.45) is 5.92 Å². The molecule has 9 heteroatoms. The molecule has 2 aromatic heterocycles. The number of amides is 1. The van der Waals surface area contributed by atoms with Crippen LogP contribution in [0.1, 0.15) is 0 Å². The van der Waals surface area contributed by atoms with Crippen molar-refractivity contribution in [2.75, 3.05) is 11.1 Å². The van der Waals surface area contributed by atoms with Gasteiger partial charge in [-0.2, -0.15) is 0 Å². The second-order valence-corrected chi connectivity index (χ2v) is 7.76. The number of fused-ring (bicyclic) bond motifs is 2. The lowest BCUT2D eigenvalue weighted by Crippen LogP contribution is -2.36. The zero-order chi connectivity index (χ0) is 16.7. The minimum atomic E-state index is -0.306. The summed E-state index contributed by atoms with van der Waals surface area (Å²) in [5.41, 5.74) is 0.656. The number of aromatic nitrogens is 3. The number of anilines is 1. The first-order valence-electron chi connectivity index (χ1n) is 7.16. The van der Waals surface area contributed by atoms with E-state index in [9.17, 15) is 9.59 Å². The van der Waals surface area contributed by atoms with Crippen LogP contribution >= 0.6 is 34.7 Å². The van der Waals surface area contributed by atoms with Crippen LogP contribution in [0.3, 0.4) is 0 Å². The van der Waals surface area contributed by atoms with Crippen molar-refractivity contribution >= 4 is 56.0 Å². The van der Waals surface area contributed by atoms with Gasteiger partial charge in [0, 0.05) is 29.6 Å². The third-order valence-electron chi connectivity index (χ3n) is 3.67. The molecular formula is C15H11ClN4O2S2. The number of halogens is 1. The lowest BCUT2D eigenvalue weighted by molar-refractivity contribution is -0.119. The van der Waals surface area contributed by atoms with Crippen molar-refractivity contribution in [2.45, 2.75) is 11.7 Å². The van der Waals surface area contributed by atoms with Crippen LogP contribution in [-0.2, 0) is 11.3 Å². The molecule has 0 aliphatic carbocycles. The molecule has 3 heterocycles. The number of thiazole rings is 1. The van der Waals surface area contributed by atoms with E-state index in [1.165, 1.54) is 39.9 Å². The summed E-state index contributed by atoms with van der Waals surface area (Å²) in [7, 11) is 0. The Morgan fingerprint density at radius 1 is 1.38 bits per heavy atom. The van der Waals surface area contributed by atoms with Crippen LogP contribution in [0.15, 0.2) is 40.4 Å². The average Bonchev–Trinajstić information content (AvgIpc) is 2.96. The average molecular weight is 379 g/mol. The molecule has 0 saturated heterocycles. The first-order chi connectivity index (χ1) is 11.6. The fraction of sp³-hybridized carbons (Fsp3) is 0.200. The number of carbonyl (C=O) groups is 1. The van der Waals surface area contributed by atoms with E-state index in [2.05, 4.69) is 15.3 Å². The van der Waals surface area contributed by atoms with Crippen molar-refractivity contribution in [3.05, 3.63) is 45.8 Å². The summed E-state index contributed by atoms with van der Waals surface area (Å²) in [6.07, 6.45) is 1.49. The van der Waals surface area contributed by atoms with Crippen molar-refractivity contribution in [1.82, 2.24) is 14.5 Å². The molecule has 0 spiro atoms. The Bertz CT molecular complexity index is 1000. The number of nitrogens with zero attached hydrogens (tertiary/aromatic N) is 3. The summed E-state index contributed by atoms with van der Waals surface area (Å²) >= 11 is 8.76. The van der Waals surface area contributed by atoms with E-state index in [-0.39, 0.29) is 17.4 Å². The van der Waals surface area contributed by atoms with Gasteiger partial charge in [-0.15, -0.1) is 0 Å². The number of nitrogens with one attached hydrogen (secondary N) is 1. The quantitative estimate of drug-likeness (QED) is 0.694. The number of hydrogen-bond donors (Lipinski definition) is 1. The van der Waals surface area contributed by atoms with E-state index in [0.717, 1.165) is 10.2 Å². The van der Waals surface area contributed by atoms with E-state index >= 15 is 0 Å². The molecule has 1 N–H and O–H groups in total. The molecule has 1 aliphatic rings. The van der Waals surface area contributed by atoms with Gasteiger partial charge in [0.05, 0.1) is 16.1 Å². The highest BCUT2D eigenvalue weighted by Crippen LogP contribution is 2.30. The van der Waals surface area contributed by atoms with Gasteiger partial charge in [0.15, 0.2) is 10.3 Å². The highest BCUT2D eigenvalue weighted by molar-refractivity contribution is 7.99. The van der Waals surface area contributed by atoms with Gasteiger partial charge in [-0.3, -0.25) is 14.2 Å². The summed E-state index contributed by atoms with van der Waals surface area (Å²) in [6, 6.07) is 6.81. The second kappa shape index (κ2) is 6.19. The van der Waals surface area contributed by atoms with Crippen LogP contribution in [0, 0.1) is 5.92 Å². The molecule has 6 nitrogen and oxygen atoms in total. The standard InChI is InChI=1S/C15H11ClN4O2S2/c16-9-1-2-10-11(5-9)24-14(18-10)19-13(22)8-6-20-12(21)3-4-17-15(20)23-7-8/h1-5,8H,6-7H2,(H,18,19,22). The van der Waals surface area contributed by atoms with Crippen molar-refractivity contribution < 1.29 is 4.79 Å². The smallest absolute Gasteiger partial charge is 0.254 e. The maximum absolute atomic E-state index is 12.5. The number of carbonyl (C=O) groups excluding carboxylic acids is 1. The van der Waals surface area contributed by atoms with Gasteiger partial charge in [-0.25, -0.2) is 9.97 Å². The number of thioether (sulfide) groups is 1. The highest BCUT2D eigenvalue weighted by atomic mass is 35.5. The van der Waals surface area contributed by atoms with Crippen LogP contribution in [0.4, 0.5) is 5.13 Å². The van der Waals surface area contributed by atoms with Crippen molar-refractivity contribution in [3.8, 4) is 0 Å². The van der Waals surface area contributed by atoms with E-state index < -0.39 is 0 Å². The first-order valence-corrected chi connectivity index (χ1v) is 9.34. The second-order valence-electron chi connectivity index (χ2n) is 5.30. The summed E-state index contributed by atoms with van der Waals surface area (Å²) in [6.45, 7) is 0.331. The molecule has 1 amide bonds. The van der Waals surface area contributed by atoms with Crippen LogP contribution in [0.2, 0.25) is 5.02 Å². The summed E-state index contributed by atoms with van der Waals surface area (Å²) in [5, 5.41) is 4.67. The molecule has 1 atom stereocenters. The lowest BCUT2D eigenvalue weighted by Gasteiger charge is -2.23. The highest BCUT2D eigenvalue weighted by Gasteiger charge is 2.27. The van der Waals surface area contributed by atoms with Crippen LogP contribution in [-0.4, -0.2) is 26.2 Å². The Hall–Kier alpha value is -1.90. The summed E-state index contributed by atoms with van der Waals surface area (Å²) in [5.74, 6) is 0.132. The molecule has 3 aromatic rings. The van der Waals surface area contributed by atoms with Crippen LogP contribution in [0.25, 0.3) is 10.2 Å². The minimum Gasteiger partial charge on any atom is -0.302 e. The predicted octanol–water partition coefficient (Wildman–Crippen LogP) is 2.87. The van der Waals surface area contributed by atoms with Gasteiger partial charge in [-0.05, 0) is 18.2 Å². The largest absolute Gasteiger partial charge is 0.302 e. The zero-order valence-electron chi connectivity index (χ0n) is 12.2. The van der Waals surface area contributed by atoms with Crippen LogP contribution in [0.5, 0.6) is 0 Å². The van der Waals surface area contributed by atoms with Gasteiger partial charge in [0.25, 0.3) is 5.56 Å². The fourth-order valence-electron chi connectivity index (χ4n) is 2.47. The molecule has 1 unspecified atom stereocenters. The Morgan fingerprint density at radius 3 is 3.12 bits per heavy atom. The number of hydrogen-bond acceptors (Lipinski definition) is 6. The Labute approximate surface area is 149 Å². The van der Waals surface area contributed by atoms with E-state index in [1.807, 2.05) is 12.1 Å². The Balaban J connectivity index is 1.54. The van der Waals surface area contributed by atoms with Crippen molar-refractivity contribution in [1.29, 1.82) is 0 Å². The summed E-state index contributed by atoms with van der Waals surface area (Å²) in [4.78, 5) is 33.0. The van der Waals surface area contributed by atoms with Gasteiger partial charge >= 0.3 is 0 Å². The first kappa shape index (κ1) is 15.6. The Morgan fingerprint density at radius 2 is 2.25 bits per heavy atom. The third kappa shape index (κ3) is 2.92. The molecule has 0 saturated carbocycles. The molecule has 0 fully saturated rings. The molecule has 1 aliphatic heterocycles. The van der Waals surface area contributed by atoms with E-state index in [1.54, 1.807) is 6.07 Å². The van der Waals surface area contributed by atoms with Gasteiger partial charge in [0.1, 0.15) is 0 Å². The van der Waals surface area contributed by atoms with Gasteiger partial charge in [-0.1, -0.05) is 34.7 Å². The topological polar surface area (TPSA) is 76.9 Å². The summed E-state index contributed by atoms with van der Waals surface area (Å²) < 4.78 is 2.46. The molecule has 4 rings (SSSR count). The Kier molecular flexibility index (Phi) is 4.03. The molecule has 0 radical (unpaired) electrons. The fourth-order valence-corrected chi connectivity index (χ4v) is 4.68. The van der Waals surface area contributed by atoms with E-state index in [0.29, 0.717) is 27.6 Å². The molecular weight excluding hydrogens is 368 g/mol. The SMILES string of the molecule is O=C(Nc1nc2ccc(Cl)cc2s1)C1CSc2nccc(=O)n2C1. The molecule has 0 bridgehead atoms. The van der Waals surface area contributed by atoms with Crippen molar-refractivity contribution in [3.63, 3.8) is 0 Å². The molecule has 24 heavy (non-hydrogen) atoms. The maximum Gasteiger partial charge on any atom is 0.254 e. The van der Waals surface area contributed by atoms with E-state index in [4.69, 9.17) is 11.6 Å². The minimum absolute atomic E-state index is 0.139. The zero-order valence-corrected chi connectivity index (χ0v) is 14.6. The lowest BCUT2D eigenvalue weighted by atomic mass is 10.1. The molecule has 1 aromatic carbocycles. The monoisotopic (exact) mass is 378 g/mol. The predicted molar refractivity (Wildman–Crippen MR) is 96.0 cm³/mol. The van der Waals surface area contributed by atoms with Gasteiger partial charge in [0.2, 0.25) is 5.91 Å². The number of benzene rings is 1. The maximum atomic E-state index is 12.5. The van der Waals surface area contributed by atoms with Crippen LogP contribution < -0.4 is 10.9 Å². The normalized spacial score (nSPS) is 16.8. The number of rotatable bonds is 2. The third-order valence-corrected chi connectivity index (χ3v) is 5.99. The molecule has 122 valence electrons. The van der Waals surface area contributed by atoms with Gasteiger partial charge < -0.3 is 5.32 Å².